The van der Waals surface area contributed by atoms with E-state index in [0.717, 1.165) is 75.7 Å². The number of hydrogen-bond donors (Lipinski definition) is 3. The number of rotatable bonds is 10. The van der Waals surface area contributed by atoms with Gasteiger partial charge in [-0.25, -0.2) is 0 Å². The van der Waals surface area contributed by atoms with Crippen LogP contribution in [0, 0.1) is 24.2 Å². The van der Waals surface area contributed by atoms with Crippen molar-refractivity contribution in [3.8, 4) is 11.4 Å². The second-order valence-corrected chi connectivity index (χ2v) is 12.9. The molecule has 9 nitrogen and oxygen atoms in total. The standard InChI is InChI=1S/C35H43F3N6O3/c1-22(39)44-17-15-25(16-18-44)21-40-34(46)31(26-7-4-3-5-8-26)42-33(45)30(28-9-6-10-29(20-28)35(36,37)38)19-24-11-13-27(14-12-24)32-41-23(2)47-43-32/h6,9-14,20,25-26,30-31,39H,3-5,7-8,15-19,21H2,1-2H3,(H,40,46)(H,42,45)/t30-,31+/m1/s1. The molecule has 3 aromatic rings. The molecule has 0 spiro atoms. The van der Waals surface area contributed by atoms with Gasteiger partial charge in [0.1, 0.15) is 6.04 Å². The fraction of sp³-hybridized carbons (Fsp3) is 0.514. The molecule has 1 aliphatic carbocycles. The second-order valence-electron chi connectivity index (χ2n) is 12.9. The summed E-state index contributed by atoms with van der Waals surface area (Å²) in [6, 6.07) is 11.2. The van der Waals surface area contributed by atoms with Crippen molar-refractivity contribution in [1.29, 1.82) is 5.41 Å². The Morgan fingerprint density at radius 2 is 1.72 bits per heavy atom. The molecule has 0 unspecified atom stereocenters. The van der Waals surface area contributed by atoms with E-state index in [1.54, 1.807) is 38.1 Å². The summed E-state index contributed by atoms with van der Waals surface area (Å²) in [5.41, 5.74) is 0.836. The SMILES string of the molecule is CC(=N)N1CCC(CNC(=O)[C@@H](NC(=O)[C@H](Cc2ccc(-c3noc(C)n3)cc2)c2cccc(C(F)(F)F)c2)C2CCCCC2)CC1. The summed E-state index contributed by atoms with van der Waals surface area (Å²) >= 11 is 0. The number of amidine groups is 1. The maximum atomic E-state index is 14.1. The molecule has 2 aromatic carbocycles. The number of carbonyl (C=O) groups is 2. The number of amides is 2. The Bertz CT molecular complexity index is 1530. The van der Waals surface area contributed by atoms with Gasteiger partial charge in [0.2, 0.25) is 23.5 Å². The van der Waals surface area contributed by atoms with Crippen LogP contribution in [0.4, 0.5) is 13.2 Å². The van der Waals surface area contributed by atoms with Crippen molar-refractivity contribution in [2.45, 2.75) is 83.4 Å². The normalized spacial score (nSPS) is 17.6. The van der Waals surface area contributed by atoms with Crippen molar-refractivity contribution in [1.82, 2.24) is 25.7 Å². The van der Waals surface area contributed by atoms with Crippen LogP contribution in [0.25, 0.3) is 11.4 Å². The Morgan fingerprint density at radius 1 is 1.02 bits per heavy atom. The summed E-state index contributed by atoms with van der Waals surface area (Å²) in [5.74, 6) is -0.113. The van der Waals surface area contributed by atoms with Crippen LogP contribution in [0.1, 0.15) is 80.4 Å². The van der Waals surface area contributed by atoms with Gasteiger partial charge in [-0.2, -0.15) is 18.2 Å². The minimum Gasteiger partial charge on any atom is -0.361 e. The molecule has 252 valence electrons. The molecule has 2 heterocycles. The Labute approximate surface area is 273 Å². The third kappa shape index (κ3) is 8.99. The fourth-order valence-electron chi connectivity index (χ4n) is 6.68. The van der Waals surface area contributed by atoms with E-state index in [9.17, 15) is 22.8 Å². The number of hydrogen-bond acceptors (Lipinski definition) is 6. The van der Waals surface area contributed by atoms with Crippen molar-refractivity contribution in [2.75, 3.05) is 19.6 Å². The lowest BCUT2D eigenvalue weighted by molar-refractivity contribution is -0.137. The van der Waals surface area contributed by atoms with Gasteiger partial charge in [0.25, 0.3) is 0 Å². The Hall–Kier alpha value is -4.22. The molecule has 1 saturated carbocycles. The number of nitrogens with zero attached hydrogens (tertiary/aromatic N) is 3. The Kier molecular flexibility index (Phi) is 11.0. The largest absolute Gasteiger partial charge is 0.416 e. The highest BCUT2D eigenvalue weighted by Crippen LogP contribution is 2.33. The number of aryl methyl sites for hydroxylation is 1. The van der Waals surface area contributed by atoms with Crippen LogP contribution in [-0.2, 0) is 22.2 Å². The first-order chi connectivity index (χ1) is 22.5. The molecule has 1 aromatic heterocycles. The third-order valence-corrected chi connectivity index (χ3v) is 9.47. The number of aromatic nitrogens is 2. The predicted octanol–water partition coefficient (Wildman–Crippen LogP) is 6.28. The molecule has 0 bridgehead atoms. The van der Waals surface area contributed by atoms with Gasteiger partial charge in [-0.1, -0.05) is 66.9 Å². The van der Waals surface area contributed by atoms with Crippen LogP contribution >= 0.6 is 0 Å². The average molecular weight is 653 g/mol. The number of nitrogens with one attached hydrogen (secondary N) is 3. The van der Waals surface area contributed by atoms with E-state index in [-0.39, 0.29) is 29.7 Å². The molecule has 1 aliphatic heterocycles. The topological polar surface area (TPSA) is 124 Å². The van der Waals surface area contributed by atoms with Gasteiger partial charge >= 0.3 is 6.18 Å². The number of piperidine rings is 1. The lowest BCUT2D eigenvalue weighted by atomic mass is 9.82. The summed E-state index contributed by atoms with van der Waals surface area (Å²) in [4.78, 5) is 34.1. The number of halogens is 3. The zero-order valence-corrected chi connectivity index (χ0v) is 26.9. The van der Waals surface area contributed by atoms with Crippen LogP contribution in [-0.4, -0.2) is 58.4 Å². The fourth-order valence-corrected chi connectivity index (χ4v) is 6.68. The minimum atomic E-state index is -4.57. The second kappa shape index (κ2) is 15.1. The third-order valence-electron chi connectivity index (χ3n) is 9.47. The van der Waals surface area contributed by atoms with Gasteiger partial charge < -0.3 is 20.1 Å². The molecular weight excluding hydrogens is 609 g/mol. The predicted molar refractivity (Wildman–Crippen MR) is 172 cm³/mol. The molecule has 5 rings (SSSR count). The lowest BCUT2D eigenvalue weighted by Crippen LogP contribution is -2.53. The molecule has 2 amide bonds. The van der Waals surface area contributed by atoms with E-state index in [4.69, 9.17) is 9.93 Å². The molecule has 3 N–H and O–H groups in total. The van der Waals surface area contributed by atoms with Gasteiger partial charge in [0, 0.05) is 32.1 Å². The molecule has 47 heavy (non-hydrogen) atoms. The van der Waals surface area contributed by atoms with Crippen molar-refractivity contribution >= 4 is 17.6 Å². The first kappa shape index (κ1) is 34.1. The first-order valence-corrected chi connectivity index (χ1v) is 16.4. The smallest absolute Gasteiger partial charge is 0.361 e. The van der Waals surface area contributed by atoms with E-state index < -0.39 is 29.6 Å². The Balaban J connectivity index is 1.36. The van der Waals surface area contributed by atoms with Gasteiger partial charge in [-0.3, -0.25) is 15.0 Å². The summed E-state index contributed by atoms with van der Waals surface area (Å²) in [6.45, 7) is 5.48. The van der Waals surface area contributed by atoms with Crippen LogP contribution in [0.3, 0.4) is 0 Å². The summed E-state index contributed by atoms with van der Waals surface area (Å²) in [6.07, 6.45) is 1.84. The molecule has 1 saturated heterocycles. The van der Waals surface area contributed by atoms with Gasteiger partial charge in [0.15, 0.2) is 0 Å². The number of alkyl halides is 3. The first-order valence-electron chi connectivity index (χ1n) is 16.4. The van der Waals surface area contributed by atoms with Crippen molar-refractivity contribution in [3.63, 3.8) is 0 Å². The lowest BCUT2D eigenvalue weighted by Gasteiger charge is -2.34. The molecule has 2 fully saturated rings. The molecule has 12 heteroatoms. The summed E-state index contributed by atoms with van der Waals surface area (Å²) in [5, 5.41) is 17.9. The van der Waals surface area contributed by atoms with Crippen LogP contribution in [0.15, 0.2) is 53.1 Å². The highest BCUT2D eigenvalue weighted by atomic mass is 19.4. The van der Waals surface area contributed by atoms with Crippen LogP contribution in [0.2, 0.25) is 0 Å². The highest BCUT2D eigenvalue weighted by molar-refractivity contribution is 5.91. The highest BCUT2D eigenvalue weighted by Gasteiger charge is 2.35. The van der Waals surface area contributed by atoms with Gasteiger partial charge in [-0.15, -0.1) is 0 Å². The van der Waals surface area contributed by atoms with E-state index in [0.29, 0.717) is 29.7 Å². The van der Waals surface area contributed by atoms with E-state index in [2.05, 4.69) is 20.8 Å². The Morgan fingerprint density at radius 3 is 2.34 bits per heavy atom. The molecule has 2 aliphatic rings. The van der Waals surface area contributed by atoms with E-state index in [1.807, 2.05) is 4.90 Å². The quantitative estimate of drug-likeness (QED) is 0.175. The molecule has 0 radical (unpaired) electrons. The number of carbonyl (C=O) groups excluding carboxylic acids is 2. The monoisotopic (exact) mass is 652 g/mol. The minimum absolute atomic E-state index is 0.0602. The van der Waals surface area contributed by atoms with E-state index >= 15 is 0 Å². The summed E-state index contributed by atoms with van der Waals surface area (Å²) in [7, 11) is 0. The zero-order chi connectivity index (χ0) is 33.6. The van der Waals surface area contributed by atoms with Gasteiger partial charge in [-0.05, 0) is 68.1 Å². The summed E-state index contributed by atoms with van der Waals surface area (Å²) < 4.78 is 46.3. The molecule has 2 atom stereocenters. The van der Waals surface area contributed by atoms with Gasteiger partial charge in [0.05, 0.1) is 17.3 Å². The van der Waals surface area contributed by atoms with Crippen molar-refractivity contribution < 1.29 is 27.3 Å². The van der Waals surface area contributed by atoms with Crippen molar-refractivity contribution in [2.24, 2.45) is 11.8 Å². The maximum absolute atomic E-state index is 14.1. The molecular formula is C35H43F3N6O3. The van der Waals surface area contributed by atoms with Crippen LogP contribution in [0.5, 0.6) is 0 Å². The number of benzene rings is 2. The maximum Gasteiger partial charge on any atom is 0.416 e. The number of likely N-dealkylation sites (tertiary alicyclic amines) is 1. The van der Waals surface area contributed by atoms with Crippen LogP contribution < -0.4 is 10.6 Å². The zero-order valence-electron chi connectivity index (χ0n) is 26.9. The average Bonchev–Trinajstić information content (AvgIpc) is 3.51. The van der Waals surface area contributed by atoms with Crippen molar-refractivity contribution in [3.05, 3.63) is 71.1 Å². The van der Waals surface area contributed by atoms with E-state index in [1.165, 1.54) is 12.1 Å².